The van der Waals surface area contributed by atoms with Crippen molar-refractivity contribution in [1.82, 2.24) is 19.9 Å². The van der Waals surface area contributed by atoms with Crippen molar-refractivity contribution in [3.8, 4) is 0 Å². The van der Waals surface area contributed by atoms with Crippen LogP contribution < -0.4 is 5.32 Å². The lowest BCUT2D eigenvalue weighted by Crippen LogP contribution is -2.15. The van der Waals surface area contributed by atoms with Gasteiger partial charge >= 0.3 is 0 Å². The minimum atomic E-state index is 0.946. The van der Waals surface area contributed by atoms with Gasteiger partial charge in [-0.1, -0.05) is 0 Å². The maximum absolute atomic E-state index is 4.23. The predicted octanol–water partition coefficient (Wildman–Crippen LogP) is 2.22. The van der Waals surface area contributed by atoms with Crippen molar-refractivity contribution in [1.29, 1.82) is 0 Å². The van der Waals surface area contributed by atoms with Gasteiger partial charge in [-0.3, -0.25) is 0 Å². The van der Waals surface area contributed by atoms with Crippen molar-refractivity contribution < 1.29 is 0 Å². The van der Waals surface area contributed by atoms with Crippen LogP contribution in [0.2, 0.25) is 0 Å². The van der Waals surface area contributed by atoms with Crippen LogP contribution in [0.4, 0.5) is 0 Å². The number of hydrogen-bond acceptors (Lipinski definition) is 4. The van der Waals surface area contributed by atoms with E-state index in [1.165, 1.54) is 17.7 Å². The quantitative estimate of drug-likeness (QED) is 0.766. The summed E-state index contributed by atoms with van der Waals surface area (Å²) in [6.07, 6.45) is 8.08. The Morgan fingerprint density at radius 2 is 2.35 bits per heavy atom. The minimum absolute atomic E-state index is 0.946. The Kier molecular flexibility index (Phi) is 4.70. The Morgan fingerprint density at radius 3 is 3.06 bits per heavy atom. The van der Waals surface area contributed by atoms with Crippen LogP contribution in [-0.4, -0.2) is 21.1 Å². The van der Waals surface area contributed by atoms with E-state index in [-0.39, 0.29) is 0 Å². The lowest BCUT2D eigenvalue weighted by atomic mass is 10.3. The summed E-state index contributed by atoms with van der Waals surface area (Å²) < 4.78 is 2.12. The second kappa shape index (κ2) is 6.51. The molecule has 0 unspecified atom stereocenters. The summed E-state index contributed by atoms with van der Waals surface area (Å²) in [7, 11) is 0. The molecule has 0 fully saturated rings. The van der Waals surface area contributed by atoms with Crippen molar-refractivity contribution >= 4 is 11.3 Å². The van der Waals surface area contributed by atoms with Gasteiger partial charge in [0, 0.05) is 30.4 Å². The molecule has 0 aromatic carbocycles. The number of hydrogen-bond donors (Lipinski definition) is 1. The van der Waals surface area contributed by atoms with Gasteiger partial charge in [0.25, 0.3) is 0 Å². The van der Waals surface area contributed by atoms with Gasteiger partial charge in [0.1, 0.15) is 0 Å². The highest BCUT2D eigenvalue weighted by Gasteiger charge is 1.99. The Hall–Kier alpha value is -1.20. The second-order valence-corrected chi connectivity index (χ2v) is 4.98. The molecule has 2 aromatic rings. The highest BCUT2D eigenvalue weighted by atomic mass is 32.1. The first kappa shape index (κ1) is 12.3. The Labute approximate surface area is 106 Å². The molecular weight excluding hydrogens is 232 g/mol. The number of aromatic nitrogens is 3. The second-order valence-electron chi connectivity index (χ2n) is 4.05. The van der Waals surface area contributed by atoms with Crippen LogP contribution in [0.25, 0.3) is 0 Å². The number of rotatable bonds is 7. The Morgan fingerprint density at radius 1 is 1.41 bits per heavy atom. The molecule has 2 rings (SSSR count). The maximum Gasteiger partial charge on any atom is 0.0945 e. The van der Waals surface area contributed by atoms with E-state index in [1.807, 2.05) is 24.2 Å². The molecule has 0 aliphatic rings. The van der Waals surface area contributed by atoms with E-state index in [9.17, 15) is 0 Å². The molecule has 0 radical (unpaired) electrons. The standard InChI is InChI=1S/C12H18N4S/c1-11-12(17-10-15-11)8-13-4-2-3-6-16-7-5-14-9-16/h5,7,9-10,13H,2-4,6,8H2,1H3. The molecule has 0 saturated heterocycles. The zero-order valence-corrected chi connectivity index (χ0v) is 10.9. The molecule has 0 spiro atoms. The highest BCUT2D eigenvalue weighted by molar-refractivity contribution is 7.09. The van der Waals surface area contributed by atoms with Crippen molar-refractivity contribution in [3.05, 3.63) is 34.8 Å². The van der Waals surface area contributed by atoms with Gasteiger partial charge in [-0.15, -0.1) is 11.3 Å². The molecule has 4 nitrogen and oxygen atoms in total. The van der Waals surface area contributed by atoms with Crippen LogP contribution in [0.3, 0.4) is 0 Å². The van der Waals surface area contributed by atoms with Crippen LogP contribution in [0.1, 0.15) is 23.4 Å². The number of thiazole rings is 1. The third-order valence-electron chi connectivity index (χ3n) is 2.71. The Balaban J connectivity index is 1.54. The molecule has 92 valence electrons. The molecule has 0 atom stereocenters. The summed E-state index contributed by atoms with van der Waals surface area (Å²) >= 11 is 1.73. The zero-order chi connectivity index (χ0) is 11.9. The largest absolute Gasteiger partial charge is 0.337 e. The number of unbranched alkanes of at least 4 members (excludes halogenated alkanes) is 1. The molecule has 5 heteroatoms. The summed E-state index contributed by atoms with van der Waals surface area (Å²) in [5.41, 5.74) is 3.06. The van der Waals surface area contributed by atoms with Gasteiger partial charge in [0.15, 0.2) is 0 Å². The van der Waals surface area contributed by atoms with Crippen molar-refractivity contribution in [2.75, 3.05) is 6.54 Å². The first-order valence-corrected chi connectivity index (χ1v) is 6.79. The fourth-order valence-electron chi connectivity index (χ4n) is 1.66. The van der Waals surface area contributed by atoms with E-state index < -0.39 is 0 Å². The zero-order valence-electron chi connectivity index (χ0n) is 10.1. The van der Waals surface area contributed by atoms with Crippen LogP contribution in [0.5, 0.6) is 0 Å². The topological polar surface area (TPSA) is 42.7 Å². The summed E-state index contributed by atoms with van der Waals surface area (Å²) in [5, 5.41) is 3.45. The van der Waals surface area contributed by atoms with E-state index >= 15 is 0 Å². The number of aryl methyl sites for hydroxylation is 2. The van der Waals surface area contributed by atoms with Gasteiger partial charge in [0.05, 0.1) is 17.5 Å². The minimum Gasteiger partial charge on any atom is -0.337 e. The maximum atomic E-state index is 4.23. The molecule has 0 aliphatic heterocycles. The van der Waals surface area contributed by atoms with Gasteiger partial charge in [-0.05, 0) is 26.3 Å². The summed E-state index contributed by atoms with van der Waals surface area (Å²) in [6.45, 7) is 5.13. The molecule has 2 heterocycles. The van der Waals surface area contributed by atoms with Crippen molar-refractivity contribution in [2.45, 2.75) is 32.9 Å². The summed E-state index contributed by atoms with van der Waals surface area (Å²) in [4.78, 5) is 9.60. The first-order valence-electron chi connectivity index (χ1n) is 5.91. The number of imidazole rings is 1. The number of nitrogens with zero attached hydrogens (tertiary/aromatic N) is 3. The molecule has 0 amide bonds. The third kappa shape index (κ3) is 3.94. The van der Waals surface area contributed by atoms with Crippen molar-refractivity contribution in [2.24, 2.45) is 0 Å². The fraction of sp³-hybridized carbons (Fsp3) is 0.500. The molecule has 0 bridgehead atoms. The SMILES string of the molecule is Cc1ncsc1CNCCCCn1ccnc1. The highest BCUT2D eigenvalue weighted by Crippen LogP contribution is 2.11. The monoisotopic (exact) mass is 250 g/mol. The summed E-state index contributed by atoms with van der Waals surface area (Å²) in [5.74, 6) is 0. The average Bonchev–Trinajstić information content (AvgIpc) is 2.95. The van der Waals surface area contributed by atoms with Crippen LogP contribution in [0, 0.1) is 6.92 Å². The van der Waals surface area contributed by atoms with Gasteiger partial charge in [-0.25, -0.2) is 9.97 Å². The van der Waals surface area contributed by atoms with E-state index in [0.29, 0.717) is 0 Å². The smallest absolute Gasteiger partial charge is 0.0945 e. The van der Waals surface area contributed by atoms with Crippen LogP contribution in [-0.2, 0) is 13.1 Å². The van der Waals surface area contributed by atoms with Crippen LogP contribution >= 0.6 is 11.3 Å². The van der Waals surface area contributed by atoms with E-state index in [0.717, 1.165) is 25.3 Å². The van der Waals surface area contributed by atoms with E-state index in [2.05, 4.69) is 26.8 Å². The predicted molar refractivity (Wildman–Crippen MR) is 70.0 cm³/mol. The number of nitrogens with one attached hydrogen (secondary N) is 1. The average molecular weight is 250 g/mol. The van der Waals surface area contributed by atoms with Gasteiger partial charge in [-0.2, -0.15) is 0 Å². The van der Waals surface area contributed by atoms with Crippen LogP contribution in [0.15, 0.2) is 24.2 Å². The molecule has 0 aliphatic carbocycles. The fourth-order valence-corrected chi connectivity index (χ4v) is 2.41. The van der Waals surface area contributed by atoms with Crippen molar-refractivity contribution in [3.63, 3.8) is 0 Å². The molecular formula is C12H18N4S. The normalized spacial score (nSPS) is 10.9. The Bertz CT molecular complexity index is 421. The first-order chi connectivity index (χ1) is 8.36. The molecule has 1 N–H and O–H groups in total. The lowest BCUT2D eigenvalue weighted by molar-refractivity contribution is 0.569. The lowest BCUT2D eigenvalue weighted by Gasteiger charge is -2.04. The molecule has 2 aromatic heterocycles. The van der Waals surface area contributed by atoms with Gasteiger partial charge in [0.2, 0.25) is 0 Å². The summed E-state index contributed by atoms with van der Waals surface area (Å²) in [6, 6.07) is 0. The molecule has 17 heavy (non-hydrogen) atoms. The third-order valence-corrected chi connectivity index (χ3v) is 3.64. The van der Waals surface area contributed by atoms with E-state index in [4.69, 9.17) is 0 Å². The van der Waals surface area contributed by atoms with Gasteiger partial charge < -0.3 is 9.88 Å². The van der Waals surface area contributed by atoms with E-state index in [1.54, 1.807) is 11.3 Å². The molecule has 0 saturated carbocycles.